The van der Waals surface area contributed by atoms with Gasteiger partial charge in [-0.2, -0.15) is 5.10 Å². The fourth-order valence-corrected chi connectivity index (χ4v) is 14.2. The highest BCUT2D eigenvalue weighted by molar-refractivity contribution is 6.00. The van der Waals surface area contributed by atoms with Crippen molar-refractivity contribution in [1.82, 2.24) is 48.7 Å². The molecule has 0 radical (unpaired) electrons. The van der Waals surface area contributed by atoms with Gasteiger partial charge in [-0.3, -0.25) is 28.8 Å². The van der Waals surface area contributed by atoms with Crippen LogP contribution in [0, 0.1) is 46.5 Å². The lowest BCUT2D eigenvalue weighted by atomic mass is 9.96. The quantitative estimate of drug-likeness (QED) is 0.0585. The third kappa shape index (κ3) is 19.1. The van der Waals surface area contributed by atoms with Crippen LogP contribution in [0.4, 0.5) is 35.1 Å². The molecule has 8 aromatic heterocycles. The molecule has 8 aromatic carbocycles. The number of carbonyl (C=O) groups excluding carboxylic acids is 3. The minimum atomic E-state index is -0.872. The largest absolute Gasteiger partial charge is 0.465 e. The first-order valence-corrected chi connectivity index (χ1v) is 39.4. The van der Waals surface area contributed by atoms with Crippen molar-refractivity contribution in [2.75, 3.05) is 20.2 Å². The number of benzene rings is 8. The molecule has 2 amide bonds. The number of nitrogens with zero attached hydrogens (tertiary/aromatic N) is 9. The summed E-state index contributed by atoms with van der Waals surface area (Å²) in [5, 5.41) is 20.3. The number of amides is 2. The van der Waals surface area contributed by atoms with Crippen LogP contribution in [0.3, 0.4) is 0 Å². The van der Waals surface area contributed by atoms with Crippen molar-refractivity contribution in [3.8, 4) is 79.4 Å². The lowest BCUT2D eigenvalue weighted by molar-refractivity contribution is 0.0600. The monoisotopic (exact) mass is 1710 g/mol. The fraction of sp³-hybridized carbons (Fsp3) is 0.0918. The number of carbonyl (C=O) groups is 3. The molecule has 1 saturated heterocycles. The van der Waals surface area contributed by atoms with E-state index in [4.69, 9.17) is 18.9 Å². The minimum Gasteiger partial charge on any atom is -0.465 e. The van der Waals surface area contributed by atoms with Crippen LogP contribution in [0.2, 0.25) is 0 Å². The van der Waals surface area contributed by atoms with Crippen LogP contribution < -0.4 is 41.2 Å². The Morgan fingerprint density at radius 2 is 0.787 bits per heavy atom. The Balaban J connectivity index is 0.000000131. The van der Waals surface area contributed by atoms with Gasteiger partial charge in [0.25, 0.3) is 11.8 Å². The topological polar surface area (TPSA) is 241 Å². The molecule has 0 atom stereocenters. The summed E-state index contributed by atoms with van der Waals surface area (Å²) in [4.78, 5) is 90.4. The first kappa shape index (κ1) is 85.6. The normalized spacial score (nSPS) is 12.1. The highest BCUT2D eigenvalue weighted by atomic mass is 19.2. The third-order valence-electron chi connectivity index (χ3n) is 20.5. The maximum Gasteiger partial charge on any atom is 0.337 e. The van der Waals surface area contributed by atoms with E-state index >= 15 is 0 Å². The zero-order valence-electron chi connectivity index (χ0n) is 67.2. The third-order valence-corrected chi connectivity index (χ3v) is 20.5. The Morgan fingerprint density at radius 1 is 0.402 bits per heavy atom. The summed E-state index contributed by atoms with van der Waals surface area (Å²) in [6.45, 7) is 12.9. The number of ether oxygens (including phenoxy) is 4. The van der Waals surface area contributed by atoms with Gasteiger partial charge in [-0.1, -0.05) is 92.6 Å². The molecular weight excluding hydrogens is 1650 g/mol. The Hall–Kier alpha value is -16.3. The number of esters is 1. The summed E-state index contributed by atoms with van der Waals surface area (Å²) in [5.41, 5.74) is 7.77. The van der Waals surface area contributed by atoms with Gasteiger partial charge < -0.3 is 29.2 Å². The van der Waals surface area contributed by atoms with E-state index in [1.54, 1.807) is 103 Å². The molecule has 1 aliphatic heterocycles. The summed E-state index contributed by atoms with van der Waals surface area (Å²) in [7, 11) is 1.27. The molecule has 21 nitrogen and oxygen atoms in total. The predicted octanol–water partition coefficient (Wildman–Crippen LogP) is 19.4. The number of nitrogens with one attached hydrogen (secondary N) is 1. The molecule has 2 fully saturated rings. The number of fused-ring (bicyclic) bond motifs is 4. The van der Waals surface area contributed by atoms with E-state index in [0.29, 0.717) is 102 Å². The maximum atomic E-state index is 14.2. The maximum absolute atomic E-state index is 14.2. The summed E-state index contributed by atoms with van der Waals surface area (Å²) in [6, 6.07) is 55.6. The van der Waals surface area contributed by atoms with Gasteiger partial charge >= 0.3 is 5.97 Å². The number of methoxy groups -OCH3 is 1. The molecule has 16 aromatic rings. The first-order valence-electron chi connectivity index (χ1n) is 39.4. The van der Waals surface area contributed by atoms with Crippen molar-refractivity contribution in [2.24, 2.45) is 0 Å². The molecule has 2 aliphatic rings. The van der Waals surface area contributed by atoms with Crippen LogP contribution in [-0.2, 0) is 11.2 Å². The van der Waals surface area contributed by atoms with Gasteiger partial charge in [0.05, 0.1) is 68.3 Å². The lowest BCUT2D eigenvalue weighted by Gasteiger charge is -2.17. The van der Waals surface area contributed by atoms with Crippen molar-refractivity contribution in [3.05, 3.63) is 407 Å². The number of pyridine rings is 4. The number of hydrogen-bond donors (Lipinski definition) is 1. The van der Waals surface area contributed by atoms with Gasteiger partial charge in [-0.25, -0.2) is 58.0 Å². The molecule has 1 saturated carbocycles. The highest BCUT2D eigenvalue weighted by Gasteiger charge is 2.27. The van der Waals surface area contributed by atoms with Gasteiger partial charge in [0.2, 0.25) is 17.6 Å². The number of aromatic nitrogens is 8. The molecule has 29 heteroatoms. The van der Waals surface area contributed by atoms with E-state index in [1.165, 1.54) is 111 Å². The zero-order valence-corrected chi connectivity index (χ0v) is 67.2. The van der Waals surface area contributed by atoms with Crippen molar-refractivity contribution < 1.29 is 68.5 Å². The van der Waals surface area contributed by atoms with Gasteiger partial charge in [0, 0.05) is 122 Å². The second kappa shape index (κ2) is 37.6. The molecule has 127 heavy (non-hydrogen) atoms. The standard InChI is InChI=1S/C27H21F2N3O3.C26H19F2N3O3.C24H16F2N2O4.C21H14F2N2O/c1-2-17-5-6-18(27(34)31-12-3-4-13-31)15-20(17)26-22-8-10-25(30-32(22)14-11-23(26)33)35-24-9-7-19(28)16-21(24)29;1-2-15-3-4-16(26(33)29-18-6-7-18)13-19(15)25-21-8-10-24(30-31(21)12-11-22(25)32)34-23-9-5-17(27)14-20(23)28;1-3-14-4-5-15(24(30)31-2)12-17(14)23-19-7-9-22(27-28(19)11-10-20(23)29)32-21-8-6-16(25)13-18(21)26;22-16-7-4-8-17(23)20(16)21-18-10-9-15(13-14-5-2-1-3-6-14)24-25(18)12-11-19(21)26/h2,5-11,14-16H,1,3-4,12-13H2;2-5,8-14,18H,1,6-7H2,(H,29,33);3-13H,1H2,2H3;1-12H,13H2. The summed E-state index contributed by atoms with van der Waals surface area (Å²) < 4.78 is 137. The van der Waals surface area contributed by atoms with Gasteiger partial charge in [0.15, 0.2) is 56.4 Å². The molecule has 1 aliphatic carbocycles. The molecule has 634 valence electrons. The van der Waals surface area contributed by atoms with E-state index < -0.39 is 57.9 Å². The molecular formula is C98H70F8N10O11. The second-order valence-corrected chi connectivity index (χ2v) is 28.9. The second-order valence-electron chi connectivity index (χ2n) is 28.9. The number of likely N-dealkylation sites (tertiary alicyclic amines) is 1. The smallest absolute Gasteiger partial charge is 0.337 e. The van der Waals surface area contributed by atoms with Crippen molar-refractivity contribution >= 4 is 58.1 Å². The van der Waals surface area contributed by atoms with E-state index in [-0.39, 0.29) is 85.7 Å². The molecule has 0 spiro atoms. The first-order chi connectivity index (χ1) is 61.4. The van der Waals surface area contributed by atoms with E-state index in [1.807, 2.05) is 35.2 Å². The Morgan fingerprint density at radius 3 is 1.20 bits per heavy atom. The van der Waals surface area contributed by atoms with Crippen molar-refractivity contribution in [2.45, 2.75) is 38.1 Å². The van der Waals surface area contributed by atoms with Gasteiger partial charge in [0.1, 0.15) is 29.1 Å². The fourth-order valence-electron chi connectivity index (χ4n) is 14.2. The Bertz CT molecular complexity index is 7320. The average molecular weight is 1720 g/mol. The van der Waals surface area contributed by atoms with Crippen LogP contribution in [-0.4, -0.2) is 87.4 Å². The Labute approximate surface area is 716 Å². The number of hydrogen-bond acceptors (Lipinski definition) is 15. The van der Waals surface area contributed by atoms with Crippen LogP contribution in [0.15, 0.2) is 294 Å². The molecule has 0 unspecified atom stereocenters. The van der Waals surface area contributed by atoms with Gasteiger partial charge in [-0.15, -0.1) is 15.3 Å². The minimum absolute atomic E-state index is 0.0261. The number of halogens is 8. The summed E-state index contributed by atoms with van der Waals surface area (Å²) in [6.07, 6.45) is 15.2. The zero-order chi connectivity index (χ0) is 89.3. The molecule has 9 heterocycles. The van der Waals surface area contributed by atoms with Crippen molar-refractivity contribution in [1.29, 1.82) is 0 Å². The number of rotatable bonds is 19. The van der Waals surface area contributed by atoms with Crippen LogP contribution >= 0.6 is 0 Å². The SMILES string of the molecule is C=Cc1ccc(C(=O)N2CCCC2)cc1-c1c(=O)ccn2nc(Oc3ccc(F)cc3F)ccc12.C=Cc1ccc(C(=O)NC2CC2)cc1-c1c(=O)ccn2nc(Oc3ccc(F)cc3F)ccc12.C=Cc1ccc(C(=O)OC)cc1-c1c(=O)ccn2nc(Oc3ccc(F)cc3F)ccc12.O=c1ccn2nc(Cc3ccccc3)ccc2c1-c1c(F)cccc1F. The van der Waals surface area contributed by atoms with Crippen LogP contribution in [0.1, 0.15) is 84.7 Å². The molecule has 0 bridgehead atoms. The molecule has 18 rings (SSSR count). The van der Waals surface area contributed by atoms with Crippen molar-refractivity contribution in [3.63, 3.8) is 0 Å². The predicted molar refractivity (Wildman–Crippen MR) is 463 cm³/mol. The van der Waals surface area contributed by atoms with Crippen LogP contribution in [0.5, 0.6) is 34.9 Å². The molecule has 1 N–H and O–H groups in total. The Kier molecular flexibility index (Phi) is 25.3. The average Bonchev–Trinajstić information content (AvgIpc) is 1.04. The van der Waals surface area contributed by atoms with Crippen LogP contribution in [0.25, 0.3) is 84.8 Å². The van der Waals surface area contributed by atoms with E-state index in [2.05, 4.69) is 45.4 Å². The highest BCUT2D eigenvalue weighted by Crippen LogP contribution is 2.36. The van der Waals surface area contributed by atoms with Gasteiger partial charge in [-0.05, 0) is 180 Å². The van der Waals surface area contributed by atoms with E-state index in [0.717, 1.165) is 92.5 Å². The summed E-state index contributed by atoms with van der Waals surface area (Å²) in [5.74, 6) is -7.54. The summed E-state index contributed by atoms with van der Waals surface area (Å²) >= 11 is 0. The lowest BCUT2D eigenvalue weighted by Crippen LogP contribution is -2.27. The van der Waals surface area contributed by atoms with E-state index in [9.17, 15) is 68.7 Å².